The van der Waals surface area contributed by atoms with Crippen molar-refractivity contribution in [2.45, 2.75) is 6.54 Å². The highest BCUT2D eigenvalue weighted by Gasteiger charge is 2.16. The summed E-state index contributed by atoms with van der Waals surface area (Å²) in [5, 5.41) is 15.7. The number of ether oxygens (including phenoxy) is 1. The molecule has 0 bridgehead atoms. The number of rotatable bonds is 5. The minimum absolute atomic E-state index is 0.0333. The van der Waals surface area contributed by atoms with E-state index in [1.165, 1.54) is 17.9 Å². The zero-order valence-corrected chi connectivity index (χ0v) is 15.7. The first-order chi connectivity index (χ1) is 14.1. The van der Waals surface area contributed by atoms with Gasteiger partial charge in [-0.25, -0.2) is 4.68 Å². The predicted octanol–water partition coefficient (Wildman–Crippen LogP) is 3.66. The number of benzene rings is 3. The van der Waals surface area contributed by atoms with Gasteiger partial charge in [0.2, 0.25) is 0 Å². The summed E-state index contributed by atoms with van der Waals surface area (Å²) in [6, 6.07) is 20.8. The van der Waals surface area contributed by atoms with Crippen molar-refractivity contribution < 1.29 is 14.6 Å². The molecule has 1 N–H and O–H groups in total. The Kier molecular flexibility index (Phi) is 4.83. The van der Waals surface area contributed by atoms with Crippen molar-refractivity contribution in [3.8, 4) is 22.8 Å². The van der Waals surface area contributed by atoms with Crippen LogP contribution in [0.15, 0.2) is 77.6 Å². The van der Waals surface area contributed by atoms with Crippen LogP contribution in [0.5, 0.6) is 11.5 Å². The number of phenols is 1. The van der Waals surface area contributed by atoms with Crippen molar-refractivity contribution in [1.29, 1.82) is 0 Å². The second-order valence-electron chi connectivity index (χ2n) is 6.53. The largest absolute Gasteiger partial charge is 0.504 e. The van der Waals surface area contributed by atoms with Crippen LogP contribution in [-0.2, 0) is 6.54 Å². The van der Waals surface area contributed by atoms with Gasteiger partial charge in [0.1, 0.15) is 6.54 Å². The van der Waals surface area contributed by atoms with Gasteiger partial charge in [0.25, 0.3) is 5.56 Å². The average molecular weight is 386 g/mol. The van der Waals surface area contributed by atoms with E-state index >= 15 is 0 Å². The third-order valence-electron chi connectivity index (χ3n) is 4.71. The Balaban J connectivity index is 1.87. The summed E-state index contributed by atoms with van der Waals surface area (Å²) in [6.07, 6.45) is 0. The van der Waals surface area contributed by atoms with Gasteiger partial charge in [-0.3, -0.25) is 9.59 Å². The van der Waals surface area contributed by atoms with Crippen LogP contribution in [0.1, 0.15) is 10.4 Å². The second-order valence-corrected chi connectivity index (χ2v) is 6.53. The molecule has 0 atom stereocenters. The van der Waals surface area contributed by atoms with E-state index in [1.807, 2.05) is 12.1 Å². The first-order valence-electron chi connectivity index (χ1n) is 9.04. The first-order valence-corrected chi connectivity index (χ1v) is 9.04. The molecule has 144 valence electrons. The zero-order valence-electron chi connectivity index (χ0n) is 15.7. The van der Waals surface area contributed by atoms with Gasteiger partial charge in [-0.05, 0) is 24.3 Å². The number of carbonyl (C=O) groups excluding carboxylic acids is 1. The average Bonchev–Trinajstić information content (AvgIpc) is 2.76. The van der Waals surface area contributed by atoms with Crippen LogP contribution >= 0.6 is 0 Å². The smallest absolute Gasteiger partial charge is 0.275 e. The van der Waals surface area contributed by atoms with Gasteiger partial charge in [0.05, 0.1) is 18.2 Å². The van der Waals surface area contributed by atoms with Gasteiger partial charge in [0, 0.05) is 16.5 Å². The van der Waals surface area contributed by atoms with Gasteiger partial charge in [0.15, 0.2) is 17.3 Å². The molecule has 0 saturated heterocycles. The van der Waals surface area contributed by atoms with E-state index in [4.69, 9.17) is 4.74 Å². The molecule has 0 amide bonds. The van der Waals surface area contributed by atoms with Crippen LogP contribution in [0.4, 0.5) is 0 Å². The number of methoxy groups -OCH3 is 1. The Bertz CT molecular complexity index is 1260. The van der Waals surface area contributed by atoms with E-state index in [9.17, 15) is 14.7 Å². The fraction of sp³-hybridized carbons (Fsp3) is 0.0870. The van der Waals surface area contributed by atoms with Gasteiger partial charge in [-0.2, -0.15) is 5.10 Å². The Morgan fingerprint density at radius 1 is 1.00 bits per heavy atom. The number of fused-ring (bicyclic) bond motifs is 1. The number of Topliss-reactive ketones (excluding diaryl/α,β-unsaturated/α-hetero) is 1. The number of hydrogen-bond donors (Lipinski definition) is 1. The summed E-state index contributed by atoms with van der Waals surface area (Å²) < 4.78 is 6.27. The highest BCUT2D eigenvalue weighted by atomic mass is 16.5. The lowest BCUT2D eigenvalue weighted by Crippen LogP contribution is -2.27. The molecule has 1 aromatic heterocycles. The predicted molar refractivity (Wildman–Crippen MR) is 110 cm³/mol. The standard InChI is InChI=1S/C23H18N2O4/c1-29-21-12-11-16(13-19(21)26)22-17-9-5-6-10-18(17)23(28)25(24-22)14-20(27)15-7-3-2-4-8-15/h2-13,26H,14H2,1H3. The number of nitrogens with zero attached hydrogens (tertiary/aromatic N) is 2. The van der Waals surface area contributed by atoms with E-state index in [0.717, 1.165) is 0 Å². The molecule has 0 aliphatic carbocycles. The topological polar surface area (TPSA) is 81.4 Å². The van der Waals surface area contributed by atoms with E-state index in [-0.39, 0.29) is 23.6 Å². The van der Waals surface area contributed by atoms with E-state index < -0.39 is 0 Å². The molecule has 3 aromatic carbocycles. The van der Waals surface area contributed by atoms with E-state index in [2.05, 4.69) is 5.10 Å². The number of aromatic hydroxyl groups is 1. The molecule has 29 heavy (non-hydrogen) atoms. The fourth-order valence-electron chi connectivity index (χ4n) is 3.24. The molecule has 0 spiro atoms. The van der Waals surface area contributed by atoms with Crippen LogP contribution in [0.2, 0.25) is 0 Å². The molecule has 6 nitrogen and oxygen atoms in total. The Labute approximate surface area is 166 Å². The summed E-state index contributed by atoms with van der Waals surface area (Å²) >= 11 is 0. The fourth-order valence-corrected chi connectivity index (χ4v) is 3.24. The quantitative estimate of drug-likeness (QED) is 0.530. The molecule has 4 aromatic rings. The first kappa shape index (κ1) is 18.4. The lowest BCUT2D eigenvalue weighted by molar-refractivity contribution is 0.0966. The Morgan fingerprint density at radius 3 is 2.38 bits per heavy atom. The summed E-state index contributed by atoms with van der Waals surface area (Å²) in [6.45, 7) is -0.178. The molecular weight excluding hydrogens is 368 g/mol. The summed E-state index contributed by atoms with van der Waals surface area (Å²) in [7, 11) is 1.47. The minimum Gasteiger partial charge on any atom is -0.504 e. The van der Waals surface area contributed by atoms with Gasteiger partial charge in [-0.1, -0.05) is 48.5 Å². The summed E-state index contributed by atoms with van der Waals surface area (Å²) in [5.74, 6) is 0.0960. The van der Waals surface area contributed by atoms with Crippen molar-refractivity contribution in [2.75, 3.05) is 7.11 Å². The lowest BCUT2D eigenvalue weighted by Gasteiger charge is -2.12. The third kappa shape index (κ3) is 3.48. The number of hydrogen-bond acceptors (Lipinski definition) is 5. The number of phenolic OH excluding ortho intramolecular Hbond substituents is 1. The molecule has 6 heteroatoms. The number of aromatic nitrogens is 2. The van der Waals surface area contributed by atoms with Crippen LogP contribution in [0.3, 0.4) is 0 Å². The second kappa shape index (κ2) is 7.59. The highest BCUT2D eigenvalue weighted by molar-refractivity contribution is 5.97. The maximum atomic E-state index is 12.9. The Morgan fingerprint density at radius 2 is 1.69 bits per heavy atom. The molecule has 0 aliphatic rings. The van der Waals surface area contributed by atoms with E-state index in [0.29, 0.717) is 33.3 Å². The monoisotopic (exact) mass is 386 g/mol. The van der Waals surface area contributed by atoms with Crippen molar-refractivity contribution in [1.82, 2.24) is 9.78 Å². The molecular formula is C23H18N2O4. The van der Waals surface area contributed by atoms with Crippen LogP contribution < -0.4 is 10.3 Å². The molecule has 0 saturated carbocycles. The summed E-state index contributed by atoms with van der Waals surface area (Å²) in [4.78, 5) is 25.6. The van der Waals surface area contributed by atoms with Crippen molar-refractivity contribution >= 4 is 16.6 Å². The van der Waals surface area contributed by atoms with Gasteiger partial charge < -0.3 is 9.84 Å². The molecule has 0 radical (unpaired) electrons. The molecule has 1 heterocycles. The minimum atomic E-state index is -0.341. The SMILES string of the molecule is COc1ccc(-c2nn(CC(=O)c3ccccc3)c(=O)c3ccccc23)cc1O. The van der Waals surface area contributed by atoms with Crippen molar-refractivity contribution in [3.63, 3.8) is 0 Å². The third-order valence-corrected chi connectivity index (χ3v) is 4.71. The molecule has 0 aliphatic heterocycles. The maximum absolute atomic E-state index is 12.9. The summed E-state index contributed by atoms with van der Waals surface area (Å²) in [5.41, 5.74) is 1.28. The van der Waals surface area contributed by atoms with Crippen LogP contribution in [0, 0.1) is 0 Å². The Hall–Kier alpha value is -3.93. The van der Waals surface area contributed by atoms with E-state index in [1.54, 1.807) is 54.6 Å². The molecule has 4 rings (SSSR count). The number of carbonyl (C=O) groups is 1. The lowest BCUT2D eigenvalue weighted by atomic mass is 10.0. The normalized spacial score (nSPS) is 10.8. The van der Waals surface area contributed by atoms with Gasteiger partial charge >= 0.3 is 0 Å². The van der Waals surface area contributed by atoms with Crippen LogP contribution in [0.25, 0.3) is 22.0 Å². The molecule has 0 fully saturated rings. The zero-order chi connectivity index (χ0) is 20.4. The van der Waals surface area contributed by atoms with Crippen molar-refractivity contribution in [3.05, 3.63) is 88.7 Å². The number of ketones is 1. The van der Waals surface area contributed by atoms with Gasteiger partial charge in [-0.15, -0.1) is 0 Å². The highest BCUT2D eigenvalue weighted by Crippen LogP contribution is 2.32. The molecule has 0 unspecified atom stereocenters. The maximum Gasteiger partial charge on any atom is 0.275 e. The van der Waals surface area contributed by atoms with Crippen LogP contribution in [-0.4, -0.2) is 27.8 Å². The van der Waals surface area contributed by atoms with Crippen molar-refractivity contribution in [2.24, 2.45) is 0 Å².